The molecule has 2 fully saturated rings. The lowest BCUT2D eigenvalue weighted by Crippen LogP contribution is -2.32. The maximum Gasteiger partial charge on any atom is 0.0578 e. The SMILES string of the molecule is CC(C)COC1CCC2CCCCC2C1. The third-order valence-electron chi connectivity index (χ3n) is 4.16. The number of ether oxygens (including phenoxy) is 1. The summed E-state index contributed by atoms with van der Waals surface area (Å²) >= 11 is 0. The molecule has 15 heavy (non-hydrogen) atoms. The standard InChI is InChI=1S/C14H26O/c1-11(2)10-15-14-8-7-12-5-3-4-6-13(12)9-14/h11-14H,3-10H2,1-2H3. The molecule has 1 heteroatoms. The molecule has 0 bridgehead atoms. The zero-order chi connectivity index (χ0) is 10.7. The van der Waals surface area contributed by atoms with Crippen LogP contribution in [0.2, 0.25) is 0 Å². The third kappa shape index (κ3) is 3.21. The Labute approximate surface area is 94.6 Å². The molecular formula is C14H26O. The van der Waals surface area contributed by atoms with E-state index in [2.05, 4.69) is 13.8 Å². The van der Waals surface area contributed by atoms with Crippen molar-refractivity contribution in [3.05, 3.63) is 0 Å². The molecule has 2 rings (SSSR count). The zero-order valence-corrected chi connectivity index (χ0v) is 10.4. The lowest BCUT2D eigenvalue weighted by molar-refractivity contribution is -0.0228. The Morgan fingerprint density at radius 2 is 1.73 bits per heavy atom. The van der Waals surface area contributed by atoms with Crippen molar-refractivity contribution >= 4 is 0 Å². The van der Waals surface area contributed by atoms with E-state index in [1.807, 2.05) is 0 Å². The average Bonchev–Trinajstić information content (AvgIpc) is 2.26. The van der Waals surface area contributed by atoms with E-state index in [0.717, 1.165) is 18.4 Å². The molecule has 1 nitrogen and oxygen atoms in total. The van der Waals surface area contributed by atoms with Gasteiger partial charge < -0.3 is 4.74 Å². The highest BCUT2D eigenvalue weighted by Crippen LogP contribution is 2.41. The van der Waals surface area contributed by atoms with Crippen LogP contribution in [0.1, 0.15) is 58.8 Å². The van der Waals surface area contributed by atoms with Gasteiger partial charge in [0.05, 0.1) is 6.10 Å². The maximum atomic E-state index is 5.99. The summed E-state index contributed by atoms with van der Waals surface area (Å²) in [6.07, 6.45) is 10.6. The summed E-state index contributed by atoms with van der Waals surface area (Å²) in [7, 11) is 0. The van der Waals surface area contributed by atoms with Crippen molar-refractivity contribution in [1.29, 1.82) is 0 Å². The molecule has 0 aliphatic heterocycles. The van der Waals surface area contributed by atoms with Crippen molar-refractivity contribution in [3.63, 3.8) is 0 Å². The van der Waals surface area contributed by atoms with Crippen molar-refractivity contribution in [1.82, 2.24) is 0 Å². The second-order valence-corrected chi connectivity index (χ2v) is 5.97. The van der Waals surface area contributed by atoms with Gasteiger partial charge in [-0.2, -0.15) is 0 Å². The first-order chi connectivity index (χ1) is 7.25. The number of fused-ring (bicyclic) bond motifs is 1. The van der Waals surface area contributed by atoms with Crippen LogP contribution in [0.15, 0.2) is 0 Å². The van der Waals surface area contributed by atoms with Crippen LogP contribution in [0.4, 0.5) is 0 Å². The minimum Gasteiger partial charge on any atom is -0.378 e. The second kappa shape index (κ2) is 5.34. The van der Waals surface area contributed by atoms with Gasteiger partial charge in [-0.15, -0.1) is 0 Å². The van der Waals surface area contributed by atoms with Gasteiger partial charge in [-0.05, 0) is 37.0 Å². The van der Waals surface area contributed by atoms with Crippen LogP contribution >= 0.6 is 0 Å². The molecule has 3 atom stereocenters. The molecular weight excluding hydrogens is 184 g/mol. The highest BCUT2D eigenvalue weighted by atomic mass is 16.5. The fraction of sp³-hybridized carbons (Fsp3) is 1.00. The van der Waals surface area contributed by atoms with Crippen LogP contribution < -0.4 is 0 Å². The highest BCUT2D eigenvalue weighted by molar-refractivity contribution is 4.83. The van der Waals surface area contributed by atoms with Gasteiger partial charge in [-0.1, -0.05) is 39.5 Å². The second-order valence-electron chi connectivity index (χ2n) is 5.97. The molecule has 2 aliphatic rings. The molecule has 0 spiro atoms. The molecule has 2 saturated carbocycles. The Kier molecular flexibility index (Phi) is 4.07. The van der Waals surface area contributed by atoms with Gasteiger partial charge in [0.25, 0.3) is 0 Å². The number of rotatable bonds is 3. The first-order valence-electron chi connectivity index (χ1n) is 6.87. The van der Waals surface area contributed by atoms with Gasteiger partial charge in [-0.25, -0.2) is 0 Å². The van der Waals surface area contributed by atoms with E-state index in [9.17, 15) is 0 Å². The molecule has 0 radical (unpaired) electrons. The van der Waals surface area contributed by atoms with Crippen LogP contribution in [-0.4, -0.2) is 12.7 Å². The molecule has 0 aromatic rings. The first kappa shape index (κ1) is 11.4. The lowest BCUT2D eigenvalue weighted by atomic mass is 9.70. The quantitative estimate of drug-likeness (QED) is 0.683. The molecule has 0 heterocycles. The van der Waals surface area contributed by atoms with Gasteiger partial charge in [-0.3, -0.25) is 0 Å². The van der Waals surface area contributed by atoms with Crippen LogP contribution in [0.25, 0.3) is 0 Å². The van der Waals surface area contributed by atoms with E-state index in [1.54, 1.807) is 0 Å². The first-order valence-corrected chi connectivity index (χ1v) is 6.87. The highest BCUT2D eigenvalue weighted by Gasteiger charge is 2.32. The van der Waals surface area contributed by atoms with Crippen molar-refractivity contribution < 1.29 is 4.74 Å². The number of hydrogen-bond acceptors (Lipinski definition) is 1. The van der Waals surface area contributed by atoms with Crippen LogP contribution in [0.5, 0.6) is 0 Å². The fourth-order valence-electron chi connectivity index (χ4n) is 3.31. The van der Waals surface area contributed by atoms with E-state index in [1.165, 1.54) is 44.9 Å². The Morgan fingerprint density at radius 3 is 2.47 bits per heavy atom. The molecule has 3 unspecified atom stereocenters. The summed E-state index contributed by atoms with van der Waals surface area (Å²) < 4.78 is 5.99. The lowest BCUT2D eigenvalue weighted by Gasteiger charge is -2.39. The predicted molar refractivity (Wildman–Crippen MR) is 63.9 cm³/mol. The summed E-state index contributed by atoms with van der Waals surface area (Å²) in [5.74, 6) is 2.75. The van der Waals surface area contributed by atoms with Crippen molar-refractivity contribution in [2.24, 2.45) is 17.8 Å². The van der Waals surface area contributed by atoms with Crippen molar-refractivity contribution in [3.8, 4) is 0 Å². The van der Waals surface area contributed by atoms with Gasteiger partial charge in [0.1, 0.15) is 0 Å². The van der Waals surface area contributed by atoms with Crippen LogP contribution in [0, 0.1) is 17.8 Å². The van der Waals surface area contributed by atoms with Crippen molar-refractivity contribution in [2.75, 3.05) is 6.61 Å². The fourth-order valence-corrected chi connectivity index (χ4v) is 3.31. The summed E-state index contributed by atoms with van der Waals surface area (Å²) in [6, 6.07) is 0. The van der Waals surface area contributed by atoms with E-state index in [0.29, 0.717) is 12.0 Å². The molecule has 88 valence electrons. The molecule has 0 amide bonds. The monoisotopic (exact) mass is 210 g/mol. The Morgan fingerprint density at radius 1 is 1.00 bits per heavy atom. The van der Waals surface area contributed by atoms with Gasteiger partial charge in [0, 0.05) is 6.61 Å². The molecule has 2 aliphatic carbocycles. The Bertz CT molecular complexity index is 188. The summed E-state index contributed by atoms with van der Waals surface area (Å²) in [6.45, 7) is 5.44. The largest absolute Gasteiger partial charge is 0.378 e. The van der Waals surface area contributed by atoms with Gasteiger partial charge >= 0.3 is 0 Å². The molecule has 0 aromatic carbocycles. The van der Waals surface area contributed by atoms with Crippen molar-refractivity contribution in [2.45, 2.75) is 64.9 Å². The van der Waals surface area contributed by atoms with Gasteiger partial charge in [0.2, 0.25) is 0 Å². The average molecular weight is 210 g/mol. The minimum absolute atomic E-state index is 0.590. The zero-order valence-electron chi connectivity index (χ0n) is 10.4. The minimum atomic E-state index is 0.590. The smallest absolute Gasteiger partial charge is 0.0578 e. The van der Waals surface area contributed by atoms with E-state index < -0.39 is 0 Å². The molecule has 0 aromatic heterocycles. The van der Waals surface area contributed by atoms with E-state index >= 15 is 0 Å². The van der Waals surface area contributed by atoms with E-state index in [4.69, 9.17) is 4.74 Å². The topological polar surface area (TPSA) is 9.23 Å². The predicted octanol–water partition coefficient (Wildman–Crippen LogP) is 4.02. The summed E-state index contributed by atoms with van der Waals surface area (Å²) in [5.41, 5.74) is 0. The third-order valence-corrected chi connectivity index (χ3v) is 4.16. The molecule has 0 saturated heterocycles. The van der Waals surface area contributed by atoms with Crippen LogP contribution in [-0.2, 0) is 4.74 Å². The Hall–Kier alpha value is -0.0400. The molecule has 0 N–H and O–H groups in total. The van der Waals surface area contributed by atoms with Gasteiger partial charge in [0.15, 0.2) is 0 Å². The van der Waals surface area contributed by atoms with E-state index in [-0.39, 0.29) is 0 Å². The normalized spacial score (nSPS) is 36.6. The Balaban J connectivity index is 1.75. The maximum absolute atomic E-state index is 5.99. The van der Waals surface area contributed by atoms with Crippen LogP contribution in [0.3, 0.4) is 0 Å². The summed E-state index contributed by atoms with van der Waals surface area (Å²) in [4.78, 5) is 0. The summed E-state index contributed by atoms with van der Waals surface area (Å²) in [5, 5.41) is 0. The number of hydrogen-bond donors (Lipinski definition) is 0.